The van der Waals surface area contributed by atoms with Gasteiger partial charge >= 0.3 is 44.8 Å². The fourth-order valence-electron chi connectivity index (χ4n) is 0.612. The van der Waals surface area contributed by atoms with Crippen molar-refractivity contribution in [1.82, 2.24) is 0 Å². The quantitative estimate of drug-likeness (QED) is 0.199. The van der Waals surface area contributed by atoms with E-state index in [1.807, 2.05) is 0 Å². The number of carboxylic acids is 6. The van der Waals surface area contributed by atoms with Crippen LogP contribution in [0.4, 0.5) is 0 Å². The summed E-state index contributed by atoms with van der Waals surface area (Å²) in [6, 6.07) is 0. The Hall–Kier alpha value is -1.35. The van der Waals surface area contributed by atoms with Crippen molar-refractivity contribution < 1.29 is 104 Å². The first-order valence-corrected chi connectivity index (χ1v) is 6.07. The fourth-order valence-corrected chi connectivity index (χ4v) is 0.612. The average molecular weight is 776 g/mol. The Balaban J connectivity index is -0.0000000580. The third-order valence-corrected chi connectivity index (χ3v) is 1.60. The molecule has 0 heterocycles. The topological polar surface area (TPSA) is 241 Å². The van der Waals surface area contributed by atoms with Crippen LogP contribution in [-0.4, -0.2) is 35.8 Å². The molecular weight excluding hydrogens is 762 g/mol. The molecule has 0 spiro atoms. The molecular formula is C12H14Au2O12S. The molecule has 0 fully saturated rings. The summed E-state index contributed by atoms with van der Waals surface area (Å²) >= 11 is 0. The summed E-state index contributed by atoms with van der Waals surface area (Å²) in [5, 5.41) is 57.0. The number of hydrogen-bond acceptors (Lipinski definition) is 12. The Bertz CT molecular complexity index is 361. The van der Waals surface area contributed by atoms with E-state index in [0.29, 0.717) is 0 Å². The number of carbonyl (C=O) groups is 6. The Morgan fingerprint density at radius 2 is 0.444 bits per heavy atom. The smallest absolute Gasteiger partial charge is 0.550 e. The second-order valence-corrected chi connectivity index (χ2v) is 3.73. The maximum Gasteiger partial charge on any atom is 3.00 e. The van der Waals surface area contributed by atoms with Gasteiger partial charge in [0.25, 0.3) is 0 Å². The molecule has 0 aliphatic rings. The molecule has 12 nitrogen and oxygen atoms in total. The van der Waals surface area contributed by atoms with Crippen LogP contribution in [0.25, 0.3) is 0 Å². The van der Waals surface area contributed by atoms with Crippen LogP contribution in [-0.2, 0) is 73.5 Å². The maximum atomic E-state index is 9.50. The first-order valence-electron chi connectivity index (χ1n) is 6.07. The molecule has 0 rings (SSSR count). The SMILES string of the molecule is O=C([O-])CCC(=O)[O-].O=C([O-])CCC(=O)[O-].O=C([O-])CCC(=O)[O-].S.[Au+3].[Au+3]. The van der Waals surface area contributed by atoms with Gasteiger partial charge in [-0.05, 0) is 38.5 Å². The van der Waals surface area contributed by atoms with Gasteiger partial charge in [-0.1, -0.05) is 0 Å². The third kappa shape index (κ3) is 67.9. The molecule has 0 amide bonds. The second-order valence-electron chi connectivity index (χ2n) is 3.73. The van der Waals surface area contributed by atoms with Gasteiger partial charge in [-0.25, -0.2) is 0 Å². The van der Waals surface area contributed by atoms with Crippen LogP contribution in [0.15, 0.2) is 0 Å². The number of carbonyl (C=O) groups excluding carboxylic acids is 6. The van der Waals surface area contributed by atoms with Crippen LogP contribution < -0.4 is 30.6 Å². The van der Waals surface area contributed by atoms with Crippen LogP contribution in [0.5, 0.6) is 0 Å². The third-order valence-electron chi connectivity index (χ3n) is 1.60. The molecule has 0 radical (unpaired) electrons. The summed E-state index contributed by atoms with van der Waals surface area (Å²) in [5.41, 5.74) is 0. The van der Waals surface area contributed by atoms with E-state index in [4.69, 9.17) is 0 Å². The first kappa shape index (κ1) is 40.4. The number of aliphatic carboxylic acids is 6. The number of carboxylic acid groups (broad SMARTS) is 6. The van der Waals surface area contributed by atoms with Crippen molar-refractivity contribution in [3.8, 4) is 0 Å². The van der Waals surface area contributed by atoms with Crippen LogP contribution in [0, 0.1) is 0 Å². The molecule has 0 aliphatic carbocycles. The second kappa shape index (κ2) is 26.9. The standard InChI is InChI=1S/3C4H6O4.2Au.H2S/c3*5-3(6)1-2-4(7)8;;;/h3*1-2H2,(H,5,6)(H,7,8);;;1H2/q;;;2*+3;/p-6. The van der Waals surface area contributed by atoms with Gasteiger partial charge in [0, 0.05) is 35.8 Å². The van der Waals surface area contributed by atoms with Crippen molar-refractivity contribution in [2.45, 2.75) is 38.5 Å². The van der Waals surface area contributed by atoms with Gasteiger partial charge in [0.05, 0.1) is 0 Å². The van der Waals surface area contributed by atoms with Gasteiger partial charge in [-0.15, -0.1) is 0 Å². The summed E-state index contributed by atoms with van der Waals surface area (Å²) in [7, 11) is 0. The van der Waals surface area contributed by atoms with Crippen LogP contribution in [0.2, 0.25) is 0 Å². The predicted octanol–water partition coefficient (Wildman–Crippen LogP) is -8.09. The Kier molecular flexibility index (Phi) is 40.2. The van der Waals surface area contributed by atoms with Crippen molar-refractivity contribution in [3.63, 3.8) is 0 Å². The normalized spacial score (nSPS) is 7.56. The van der Waals surface area contributed by atoms with E-state index in [1.54, 1.807) is 0 Å². The number of hydrogen-bond donors (Lipinski definition) is 0. The summed E-state index contributed by atoms with van der Waals surface area (Å²) < 4.78 is 0. The molecule has 27 heavy (non-hydrogen) atoms. The van der Waals surface area contributed by atoms with Gasteiger partial charge in [0.1, 0.15) is 0 Å². The molecule has 0 aromatic rings. The molecule has 0 bridgehead atoms. The van der Waals surface area contributed by atoms with Crippen LogP contribution in [0.3, 0.4) is 0 Å². The van der Waals surface area contributed by atoms with Gasteiger partial charge < -0.3 is 59.4 Å². The van der Waals surface area contributed by atoms with Gasteiger partial charge in [-0.2, -0.15) is 13.5 Å². The maximum absolute atomic E-state index is 9.50. The van der Waals surface area contributed by atoms with Gasteiger partial charge in [0.2, 0.25) is 0 Å². The van der Waals surface area contributed by atoms with Crippen molar-refractivity contribution in [3.05, 3.63) is 0 Å². The summed E-state index contributed by atoms with van der Waals surface area (Å²) in [5.74, 6) is -8.20. The predicted molar refractivity (Wildman–Crippen MR) is 68.1 cm³/mol. The largest absolute Gasteiger partial charge is 3.00 e. The molecule has 0 aromatic carbocycles. The van der Waals surface area contributed by atoms with Crippen molar-refractivity contribution in [1.29, 1.82) is 0 Å². The zero-order valence-corrected chi connectivity index (χ0v) is 18.6. The van der Waals surface area contributed by atoms with Gasteiger partial charge in [0.15, 0.2) is 0 Å². The van der Waals surface area contributed by atoms with Crippen molar-refractivity contribution in [2.75, 3.05) is 0 Å². The molecule has 0 unspecified atom stereocenters. The minimum Gasteiger partial charge on any atom is -0.550 e. The fraction of sp³-hybridized carbons (Fsp3) is 0.500. The van der Waals surface area contributed by atoms with E-state index >= 15 is 0 Å². The summed E-state index contributed by atoms with van der Waals surface area (Å²) in [6.07, 6.45) is -2.82. The molecule has 15 heteroatoms. The van der Waals surface area contributed by atoms with Crippen molar-refractivity contribution in [2.24, 2.45) is 0 Å². The molecule has 0 N–H and O–H groups in total. The number of rotatable bonds is 9. The average Bonchev–Trinajstić information content (AvgIpc) is 2.42. The summed E-state index contributed by atoms with van der Waals surface area (Å²) in [6.45, 7) is 0. The van der Waals surface area contributed by atoms with Gasteiger partial charge in [-0.3, -0.25) is 0 Å². The molecule has 0 aromatic heterocycles. The Morgan fingerprint density at radius 1 is 0.370 bits per heavy atom. The zero-order valence-electron chi connectivity index (χ0n) is 13.2. The molecule has 0 aliphatic heterocycles. The summed E-state index contributed by atoms with van der Waals surface area (Å²) in [4.78, 5) is 57.0. The van der Waals surface area contributed by atoms with E-state index in [-0.39, 0.29) is 58.3 Å². The van der Waals surface area contributed by atoms with E-state index in [9.17, 15) is 59.4 Å². The minimum absolute atomic E-state index is 0. The Labute approximate surface area is 191 Å². The van der Waals surface area contributed by atoms with E-state index in [1.165, 1.54) is 0 Å². The van der Waals surface area contributed by atoms with Crippen LogP contribution in [0.1, 0.15) is 38.5 Å². The molecule has 0 atom stereocenters. The van der Waals surface area contributed by atoms with E-state index in [2.05, 4.69) is 0 Å². The van der Waals surface area contributed by atoms with Crippen LogP contribution >= 0.6 is 13.5 Å². The molecule has 0 saturated carbocycles. The minimum atomic E-state index is -1.37. The Morgan fingerprint density at radius 3 is 0.481 bits per heavy atom. The van der Waals surface area contributed by atoms with E-state index in [0.717, 1.165) is 0 Å². The molecule has 162 valence electrons. The van der Waals surface area contributed by atoms with E-state index < -0.39 is 74.3 Å². The molecule has 0 saturated heterocycles. The first-order chi connectivity index (χ1) is 10.9. The monoisotopic (exact) mass is 776 g/mol. The zero-order chi connectivity index (χ0) is 19.7. The van der Waals surface area contributed by atoms with Crippen molar-refractivity contribution >= 4 is 49.3 Å².